The Morgan fingerprint density at radius 2 is 2.07 bits per heavy atom. The summed E-state index contributed by atoms with van der Waals surface area (Å²) in [5, 5.41) is 3.36. The van der Waals surface area contributed by atoms with Crippen molar-refractivity contribution in [2.24, 2.45) is 13.0 Å². The van der Waals surface area contributed by atoms with Crippen LogP contribution in [0, 0.1) is 12.8 Å². The van der Waals surface area contributed by atoms with Gasteiger partial charge in [-0.3, -0.25) is 4.79 Å². The van der Waals surface area contributed by atoms with Crippen molar-refractivity contribution in [1.82, 2.24) is 8.87 Å². The predicted octanol–water partition coefficient (Wildman–Crippen LogP) is 3.66. The molecule has 6 nitrogen and oxygen atoms in total. The summed E-state index contributed by atoms with van der Waals surface area (Å²) in [6, 6.07) is 6.70. The van der Waals surface area contributed by atoms with Gasteiger partial charge >= 0.3 is 0 Å². The van der Waals surface area contributed by atoms with Crippen molar-refractivity contribution in [2.75, 3.05) is 18.4 Å². The van der Waals surface area contributed by atoms with Gasteiger partial charge in [0.15, 0.2) is 0 Å². The Hall–Kier alpha value is -1.83. The molecule has 2 aromatic rings. The number of amides is 1. The molecule has 1 aliphatic heterocycles. The van der Waals surface area contributed by atoms with Gasteiger partial charge in [0.05, 0.1) is 0 Å². The molecule has 0 aliphatic carbocycles. The van der Waals surface area contributed by atoms with Gasteiger partial charge in [0.1, 0.15) is 10.6 Å². The van der Waals surface area contributed by atoms with E-state index in [2.05, 4.69) is 12.2 Å². The van der Waals surface area contributed by atoms with Crippen molar-refractivity contribution < 1.29 is 13.2 Å². The molecule has 146 valence electrons. The van der Waals surface area contributed by atoms with Gasteiger partial charge in [-0.1, -0.05) is 24.6 Å². The molecule has 0 spiro atoms. The molecule has 0 unspecified atom stereocenters. The highest BCUT2D eigenvalue weighted by Gasteiger charge is 2.30. The van der Waals surface area contributed by atoms with Crippen LogP contribution in [0.1, 0.15) is 35.8 Å². The van der Waals surface area contributed by atoms with Crippen molar-refractivity contribution in [2.45, 2.75) is 31.6 Å². The summed E-state index contributed by atoms with van der Waals surface area (Å²) in [4.78, 5) is 12.8. The molecule has 3 rings (SSSR count). The van der Waals surface area contributed by atoms with Gasteiger partial charge in [-0.2, -0.15) is 4.31 Å². The SMILES string of the molecule is Cc1c(Cl)cccc1NC(=O)c1cc(S(=O)(=O)N2CCC[C@H](C)C2)cn1C. The predicted molar refractivity (Wildman–Crippen MR) is 107 cm³/mol. The fraction of sp³-hybridized carbons (Fsp3) is 0.421. The van der Waals surface area contributed by atoms with Crippen LogP contribution in [0.2, 0.25) is 5.02 Å². The zero-order valence-corrected chi connectivity index (χ0v) is 17.3. The molecule has 1 saturated heterocycles. The molecule has 1 aromatic carbocycles. The number of halogens is 1. The highest BCUT2D eigenvalue weighted by molar-refractivity contribution is 7.89. The zero-order valence-electron chi connectivity index (χ0n) is 15.7. The summed E-state index contributed by atoms with van der Waals surface area (Å²) in [7, 11) is -1.94. The van der Waals surface area contributed by atoms with Crippen LogP contribution in [-0.2, 0) is 17.1 Å². The van der Waals surface area contributed by atoms with Crippen molar-refractivity contribution in [1.29, 1.82) is 0 Å². The average molecular weight is 410 g/mol. The molecular weight excluding hydrogens is 386 g/mol. The van der Waals surface area contributed by atoms with Crippen molar-refractivity contribution >= 4 is 33.2 Å². The first-order chi connectivity index (χ1) is 12.7. The first-order valence-electron chi connectivity index (χ1n) is 8.93. The normalized spacial score (nSPS) is 18.4. The highest BCUT2D eigenvalue weighted by atomic mass is 35.5. The van der Waals surface area contributed by atoms with Gasteiger partial charge in [-0.05, 0) is 49.4 Å². The molecular formula is C19H24ClN3O3S. The topological polar surface area (TPSA) is 71.4 Å². The second kappa shape index (κ2) is 7.66. The molecule has 0 saturated carbocycles. The van der Waals surface area contributed by atoms with Crippen molar-refractivity contribution in [3.8, 4) is 0 Å². The maximum absolute atomic E-state index is 12.9. The molecule has 1 amide bonds. The molecule has 1 fully saturated rings. The molecule has 0 radical (unpaired) electrons. The maximum Gasteiger partial charge on any atom is 0.272 e. The van der Waals surface area contributed by atoms with Crippen LogP contribution in [-0.4, -0.2) is 36.3 Å². The number of aryl methyl sites for hydroxylation is 1. The Balaban J connectivity index is 1.85. The second-order valence-corrected chi connectivity index (χ2v) is 9.49. The van der Waals surface area contributed by atoms with Gasteiger partial charge in [0.2, 0.25) is 10.0 Å². The van der Waals surface area contributed by atoms with Gasteiger partial charge in [-0.15, -0.1) is 0 Å². The third-order valence-corrected chi connectivity index (χ3v) is 7.23. The van der Waals surface area contributed by atoms with E-state index in [-0.39, 0.29) is 16.5 Å². The van der Waals surface area contributed by atoms with Crippen LogP contribution in [0.3, 0.4) is 0 Å². The van der Waals surface area contributed by atoms with Crippen LogP contribution >= 0.6 is 11.6 Å². The van der Waals surface area contributed by atoms with Gasteiger partial charge in [-0.25, -0.2) is 8.42 Å². The van der Waals surface area contributed by atoms with Crippen LogP contribution in [0.25, 0.3) is 0 Å². The lowest BCUT2D eigenvalue weighted by atomic mass is 10.0. The summed E-state index contributed by atoms with van der Waals surface area (Å²) in [6.45, 7) is 4.90. The molecule has 27 heavy (non-hydrogen) atoms. The molecule has 2 heterocycles. The molecule has 8 heteroatoms. The summed E-state index contributed by atoms with van der Waals surface area (Å²) >= 11 is 6.09. The molecule has 1 aromatic heterocycles. The van der Waals surface area contributed by atoms with E-state index in [1.165, 1.54) is 21.1 Å². The first kappa shape index (κ1) is 19.9. The lowest BCUT2D eigenvalue weighted by Gasteiger charge is -2.29. The number of piperidine rings is 1. The van der Waals surface area contributed by atoms with Crippen LogP contribution in [0.15, 0.2) is 35.4 Å². The largest absolute Gasteiger partial charge is 0.345 e. The van der Waals surface area contributed by atoms with E-state index < -0.39 is 10.0 Å². The minimum atomic E-state index is -3.61. The number of sulfonamides is 1. The Labute approximate surface area is 165 Å². The highest BCUT2D eigenvalue weighted by Crippen LogP contribution is 2.26. The average Bonchev–Trinajstić information content (AvgIpc) is 3.01. The van der Waals surface area contributed by atoms with Crippen LogP contribution in [0.4, 0.5) is 5.69 Å². The Morgan fingerprint density at radius 3 is 2.78 bits per heavy atom. The third kappa shape index (κ3) is 4.05. The fourth-order valence-corrected chi connectivity index (χ4v) is 5.19. The summed E-state index contributed by atoms with van der Waals surface area (Å²) in [6.07, 6.45) is 3.39. The van der Waals surface area contributed by atoms with E-state index in [1.54, 1.807) is 25.2 Å². The first-order valence-corrected chi connectivity index (χ1v) is 10.7. The summed E-state index contributed by atoms with van der Waals surface area (Å²) in [5.74, 6) is -0.0397. The minimum Gasteiger partial charge on any atom is -0.345 e. The molecule has 0 bridgehead atoms. The number of carbonyl (C=O) groups is 1. The standard InChI is InChI=1S/C19H24ClN3O3S/c1-13-6-5-9-23(11-13)27(25,26)15-10-18(22(3)12-15)19(24)21-17-8-4-7-16(20)14(17)2/h4,7-8,10,12-13H,5-6,9,11H2,1-3H3,(H,21,24)/t13-/m0/s1. The number of aromatic nitrogens is 1. The Kier molecular flexibility index (Phi) is 5.65. The van der Waals surface area contributed by atoms with E-state index >= 15 is 0 Å². The Bertz CT molecular complexity index is 969. The number of carbonyl (C=O) groups excluding carboxylic acids is 1. The number of nitrogens with zero attached hydrogens (tertiary/aromatic N) is 2. The third-order valence-electron chi connectivity index (χ3n) is 4.99. The van der Waals surface area contributed by atoms with Crippen LogP contribution in [0.5, 0.6) is 0 Å². The number of anilines is 1. The van der Waals surface area contributed by atoms with Crippen molar-refractivity contribution in [3.63, 3.8) is 0 Å². The van der Waals surface area contributed by atoms with E-state index in [1.807, 2.05) is 6.92 Å². The zero-order chi connectivity index (χ0) is 19.8. The van der Waals surface area contributed by atoms with E-state index in [4.69, 9.17) is 11.6 Å². The summed E-state index contributed by atoms with van der Waals surface area (Å²) in [5.41, 5.74) is 1.64. The van der Waals surface area contributed by atoms with Crippen LogP contribution < -0.4 is 5.32 Å². The number of nitrogens with one attached hydrogen (secondary N) is 1. The fourth-order valence-electron chi connectivity index (χ4n) is 3.34. The molecule has 1 N–H and O–H groups in total. The van der Waals surface area contributed by atoms with E-state index in [0.29, 0.717) is 29.7 Å². The number of benzene rings is 1. The molecule has 1 aliphatic rings. The maximum atomic E-state index is 12.9. The monoisotopic (exact) mass is 409 g/mol. The van der Waals surface area contributed by atoms with Gasteiger partial charge in [0, 0.05) is 37.0 Å². The molecule has 1 atom stereocenters. The number of rotatable bonds is 4. The quantitative estimate of drug-likeness (QED) is 0.837. The lowest BCUT2D eigenvalue weighted by Crippen LogP contribution is -2.38. The minimum absolute atomic E-state index is 0.145. The second-order valence-electron chi connectivity index (χ2n) is 7.15. The van der Waals surface area contributed by atoms with Gasteiger partial charge in [0.25, 0.3) is 5.91 Å². The van der Waals surface area contributed by atoms with Crippen molar-refractivity contribution in [3.05, 3.63) is 46.7 Å². The summed E-state index contributed by atoms with van der Waals surface area (Å²) < 4.78 is 28.9. The number of hydrogen-bond acceptors (Lipinski definition) is 3. The smallest absolute Gasteiger partial charge is 0.272 e. The van der Waals surface area contributed by atoms with E-state index in [0.717, 1.165) is 18.4 Å². The van der Waals surface area contributed by atoms with E-state index in [9.17, 15) is 13.2 Å². The Morgan fingerprint density at radius 1 is 1.33 bits per heavy atom. The number of hydrogen-bond donors (Lipinski definition) is 1. The van der Waals surface area contributed by atoms with Gasteiger partial charge < -0.3 is 9.88 Å². The lowest BCUT2D eigenvalue weighted by molar-refractivity contribution is 0.101.